The van der Waals surface area contributed by atoms with Gasteiger partial charge in [-0.3, -0.25) is 5.32 Å². The summed E-state index contributed by atoms with van der Waals surface area (Å²) < 4.78 is 9.79. The monoisotopic (exact) mass is 244 g/mol. The SMILES string of the molecule is CCOc1c(Cl)cc(N)cc1NC(=O)OC. The lowest BCUT2D eigenvalue weighted by Gasteiger charge is -2.13. The van der Waals surface area contributed by atoms with Crippen molar-refractivity contribution < 1.29 is 14.3 Å². The second-order valence-corrected chi connectivity index (χ2v) is 3.34. The molecule has 0 atom stereocenters. The smallest absolute Gasteiger partial charge is 0.411 e. The van der Waals surface area contributed by atoms with Crippen LogP contribution < -0.4 is 15.8 Å². The minimum Gasteiger partial charge on any atom is -0.490 e. The van der Waals surface area contributed by atoms with Gasteiger partial charge in [-0.15, -0.1) is 0 Å². The fraction of sp³-hybridized carbons (Fsp3) is 0.300. The van der Waals surface area contributed by atoms with Crippen LogP contribution in [0.15, 0.2) is 12.1 Å². The minimum absolute atomic E-state index is 0.341. The van der Waals surface area contributed by atoms with Gasteiger partial charge in [-0.2, -0.15) is 0 Å². The molecular weight excluding hydrogens is 232 g/mol. The van der Waals surface area contributed by atoms with Crippen LogP contribution in [-0.4, -0.2) is 19.8 Å². The zero-order valence-electron chi connectivity index (χ0n) is 9.04. The Kier molecular flexibility index (Phi) is 4.25. The number of carbonyl (C=O) groups excluding carboxylic acids is 1. The van der Waals surface area contributed by atoms with Crippen molar-refractivity contribution in [2.45, 2.75) is 6.92 Å². The van der Waals surface area contributed by atoms with Gasteiger partial charge in [-0.1, -0.05) is 11.6 Å². The summed E-state index contributed by atoms with van der Waals surface area (Å²) >= 11 is 5.94. The lowest BCUT2D eigenvalue weighted by atomic mass is 10.2. The first-order chi connectivity index (χ1) is 7.58. The van der Waals surface area contributed by atoms with Gasteiger partial charge in [0, 0.05) is 5.69 Å². The van der Waals surface area contributed by atoms with Gasteiger partial charge < -0.3 is 15.2 Å². The maximum atomic E-state index is 11.1. The summed E-state index contributed by atoms with van der Waals surface area (Å²) in [5, 5.41) is 2.82. The Morgan fingerprint density at radius 3 is 2.81 bits per heavy atom. The number of nitrogen functional groups attached to an aromatic ring is 1. The molecule has 6 heteroatoms. The molecule has 0 aliphatic heterocycles. The average molecular weight is 245 g/mol. The Hall–Kier alpha value is -1.62. The molecular formula is C10H13ClN2O3. The van der Waals surface area contributed by atoms with E-state index in [1.165, 1.54) is 7.11 Å². The second-order valence-electron chi connectivity index (χ2n) is 2.93. The average Bonchev–Trinajstić information content (AvgIpc) is 2.23. The normalized spacial score (nSPS) is 9.69. The number of rotatable bonds is 3. The molecule has 0 aromatic heterocycles. The van der Waals surface area contributed by atoms with Crippen molar-refractivity contribution >= 4 is 29.1 Å². The Balaban J connectivity index is 3.08. The maximum Gasteiger partial charge on any atom is 0.411 e. The van der Waals surface area contributed by atoms with Gasteiger partial charge in [0.05, 0.1) is 24.4 Å². The van der Waals surface area contributed by atoms with Crippen molar-refractivity contribution in [2.75, 3.05) is 24.8 Å². The summed E-state index contributed by atoms with van der Waals surface area (Å²) in [6, 6.07) is 3.10. The molecule has 0 unspecified atom stereocenters. The van der Waals surface area contributed by atoms with Gasteiger partial charge >= 0.3 is 6.09 Å². The van der Waals surface area contributed by atoms with Gasteiger partial charge in [0.1, 0.15) is 0 Å². The first-order valence-electron chi connectivity index (χ1n) is 4.65. The molecule has 0 bridgehead atoms. The molecule has 0 saturated heterocycles. The van der Waals surface area contributed by atoms with Crippen LogP contribution in [0.1, 0.15) is 6.92 Å². The van der Waals surface area contributed by atoms with Gasteiger partial charge in [0.2, 0.25) is 0 Å². The molecule has 88 valence electrons. The largest absolute Gasteiger partial charge is 0.490 e. The number of methoxy groups -OCH3 is 1. The van der Waals surface area contributed by atoms with E-state index in [1.807, 2.05) is 6.92 Å². The molecule has 0 radical (unpaired) electrons. The van der Waals surface area contributed by atoms with Crippen molar-refractivity contribution in [3.63, 3.8) is 0 Å². The van der Waals surface area contributed by atoms with E-state index in [1.54, 1.807) is 12.1 Å². The molecule has 0 spiro atoms. The highest BCUT2D eigenvalue weighted by Gasteiger charge is 2.12. The highest BCUT2D eigenvalue weighted by atomic mass is 35.5. The zero-order chi connectivity index (χ0) is 12.1. The van der Waals surface area contributed by atoms with Gasteiger partial charge in [-0.25, -0.2) is 4.79 Å². The summed E-state index contributed by atoms with van der Waals surface area (Å²) in [6.07, 6.45) is -0.609. The summed E-state index contributed by atoms with van der Waals surface area (Å²) in [5.74, 6) is 0.378. The van der Waals surface area contributed by atoms with E-state index in [0.29, 0.717) is 28.8 Å². The molecule has 3 N–H and O–H groups in total. The summed E-state index contributed by atoms with van der Waals surface area (Å²) in [7, 11) is 1.27. The molecule has 0 saturated carbocycles. The van der Waals surface area contributed by atoms with Crippen LogP contribution in [0.5, 0.6) is 5.75 Å². The lowest BCUT2D eigenvalue weighted by molar-refractivity contribution is 0.186. The first-order valence-corrected chi connectivity index (χ1v) is 5.03. The van der Waals surface area contributed by atoms with Gasteiger partial charge in [-0.05, 0) is 19.1 Å². The number of hydrogen-bond acceptors (Lipinski definition) is 4. The molecule has 0 aliphatic carbocycles. The Morgan fingerprint density at radius 2 is 2.25 bits per heavy atom. The Labute approximate surface area is 98.5 Å². The fourth-order valence-electron chi connectivity index (χ4n) is 1.16. The number of benzene rings is 1. The molecule has 5 nitrogen and oxygen atoms in total. The molecule has 1 rings (SSSR count). The highest BCUT2D eigenvalue weighted by Crippen LogP contribution is 2.35. The van der Waals surface area contributed by atoms with Crippen LogP contribution in [-0.2, 0) is 4.74 Å². The van der Waals surface area contributed by atoms with E-state index in [-0.39, 0.29) is 0 Å². The maximum absolute atomic E-state index is 11.1. The van der Waals surface area contributed by atoms with Crippen LogP contribution in [0, 0.1) is 0 Å². The van der Waals surface area contributed by atoms with Crippen molar-refractivity contribution in [1.82, 2.24) is 0 Å². The van der Waals surface area contributed by atoms with Crippen molar-refractivity contribution in [3.8, 4) is 5.75 Å². The molecule has 0 fully saturated rings. The summed E-state index contributed by atoms with van der Waals surface area (Å²) in [6.45, 7) is 2.24. The quantitative estimate of drug-likeness (QED) is 0.802. The van der Waals surface area contributed by atoms with Crippen LogP contribution in [0.4, 0.5) is 16.2 Å². The third-order valence-corrected chi connectivity index (χ3v) is 2.06. The first kappa shape index (κ1) is 12.4. The third kappa shape index (κ3) is 2.93. The number of carbonyl (C=O) groups is 1. The van der Waals surface area contributed by atoms with Crippen LogP contribution in [0.25, 0.3) is 0 Å². The highest BCUT2D eigenvalue weighted by molar-refractivity contribution is 6.33. The molecule has 1 aromatic rings. The fourth-order valence-corrected chi connectivity index (χ4v) is 1.44. The van der Waals surface area contributed by atoms with Crippen LogP contribution in [0.2, 0.25) is 5.02 Å². The molecule has 1 aromatic carbocycles. The number of anilines is 2. The van der Waals surface area contributed by atoms with Crippen molar-refractivity contribution in [3.05, 3.63) is 17.2 Å². The minimum atomic E-state index is -0.609. The van der Waals surface area contributed by atoms with Gasteiger partial charge in [0.25, 0.3) is 0 Å². The number of ether oxygens (including phenoxy) is 2. The molecule has 16 heavy (non-hydrogen) atoms. The summed E-state index contributed by atoms with van der Waals surface area (Å²) in [5.41, 5.74) is 6.43. The zero-order valence-corrected chi connectivity index (χ0v) is 9.80. The standard InChI is InChI=1S/C10H13ClN2O3/c1-3-16-9-7(11)4-6(12)5-8(9)13-10(14)15-2/h4-5H,3,12H2,1-2H3,(H,13,14). The van der Waals surface area contributed by atoms with E-state index in [9.17, 15) is 4.79 Å². The predicted molar refractivity (Wildman–Crippen MR) is 63.1 cm³/mol. The molecule has 0 heterocycles. The van der Waals surface area contributed by atoms with E-state index in [0.717, 1.165) is 0 Å². The topological polar surface area (TPSA) is 73.6 Å². The third-order valence-electron chi connectivity index (χ3n) is 1.78. The lowest BCUT2D eigenvalue weighted by Crippen LogP contribution is -2.12. The molecule has 1 amide bonds. The number of amides is 1. The van der Waals surface area contributed by atoms with Crippen LogP contribution >= 0.6 is 11.6 Å². The molecule has 0 aliphatic rings. The predicted octanol–water partition coefficient (Wildman–Crippen LogP) is 2.50. The number of hydrogen-bond donors (Lipinski definition) is 2. The number of halogens is 1. The van der Waals surface area contributed by atoms with E-state index < -0.39 is 6.09 Å². The van der Waals surface area contributed by atoms with Crippen LogP contribution in [0.3, 0.4) is 0 Å². The summed E-state index contributed by atoms with van der Waals surface area (Å²) in [4.78, 5) is 11.1. The van der Waals surface area contributed by atoms with E-state index in [4.69, 9.17) is 22.1 Å². The van der Waals surface area contributed by atoms with Crippen molar-refractivity contribution in [1.29, 1.82) is 0 Å². The van der Waals surface area contributed by atoms with Crippen molar-refractivity contribution in [2.24, 2.45) is 0 Å². The Bertz CT molecular complexity index is 396. The number of nitrogens with two attached hydrogens (primary N) is 1. The van der Waals surface area contributed by atoms with E-state index in [2.05, 4.69) is 10.1 Å². The number of nitrogens with one attached hydrogen (secondary N) is 1. The second kappa shape index (κ2) is 5.46. The Morgan fingerprint density at radius 1 is 1.56 bits per heavy atom. The van der Waals surface area contributed by atoms with E-state index >= 15 is 0 Å². The van der Waals surface area contributed by atoms with Gasteiger partial charge in [0.15, 0.2) is 5.75 Å².